The lowest BCUT2D eigenvalue weighted by Crippen LogP contribution is -2.61. The SMILES string of the molecule is CCc1nc2ccc(-c3cnc(N4CC(C(=O)NC5CNC5)C4)nc3)cn2c1N(C)c1nc(-c2ccc(F)cc2)c(C#N)s1.Cl. The highest BCUT2D eigenvalue weighted by Gasteiger charge is 2.35. The first kappa shape index (κ1) is 30.4. The minimum absolute atomic E-state index is 0. The van der Waals surface area contributed by atoms with Gasteiger partial charge in [0.1, 0.15) is 33.9 Å². The predicted octanol–water partition coefficient (Wildman–Crippen LogP) is 4.20. The molecule has 4 aromatic heterocycles. The van der Waals surface area contributed by atoms with E-state index < -0.39 is 0 Å². The number of nitriles is 1. The first-order valence-electron chi connectivity index (χ1n) is 14.4. The van der Waals surface area contributed by atoms with Crippen LogP contribution in [0.2, 0.25) is 0 Å². The lowest BCUT2D eigenvalue weighted by Gasteiger charge is -2.39. The van der Waals surface area contributed by atoms with Crippen molar-refractivity contribution in [3.8, 4) is 28.5 Å². The number of carbonyl (C=O) groups excluding carboxylic acids is 1. The molecule has 0 bridgehead atoms. The van der Waals surface area contributed by atoms with E-state index in [0.29, 0.717) is 46.7 Å². The third-order valence-corrected chi connectivity index (χ3v) is 9.11. The molecule has 2 saturated heterocycles. The Kier molecular flexibility index (Phi) is 8.37. The van der Waals surface area contributed by atoms with Gasteiger partial charge in [0.2, 0.25) is 11.9 Å². The predicted molar refractivity (Wildman–Crippen MR) is 174 cm³/mol. The number of hydrogen-bond donors (Lipinski definition) is 2. The number of imidazole rings is 1. The van der Waals surface area contributed by atoms with Gasteiger partial charge >= 0.3 is 0 Å². The largest absolute Gasteiger partial charge is 0.350 e. The number of hydrogen-bond acceptors (Lipinski definition) is 10. The van der Waals surface area contributed by atoms with Gasteiger partial charge in [0.15, 0.2) is 5.13 Å². The maximum Gasteiger partial charge on any atom is 0.227 e. The summed E-state index contributed by atoms with van der Waals surface area (Å²) in [5, 5.41) is 16.7. The number of benzene rings is 1. The highest BCUT2D eigenvalue weighted by molar-refractivity contribution is 7.16. The molecule has 45 heavy (non-hydrogen) atoms. The summed E-state index contributed by atoms with van der Waals surface area (Å²) in [5.41, 5.74) is 4.64. The van der Waals surface area contributed by atoms with Crippen molar-refractivity contribution >= 4 is 52.2 Å². The number of pyridine rings is 1. The van der Waals surface area contributed by atoms with E-state index >= 15 is 0 Å². The summed E-state index contributed by atoms with van der Waals surface area (Å²) in [5.74, 6) is 1.16. The average molecular weight is 645 g/mol. The fourth-order valence-electron chi connectivity index (χ4n) is 5.42. The zero-order valence-electron chi connectivity index (χ0n) is 24.6. The summed E-state index contributed by atoms with van der Waals surface area (Å²) in [6.07, 6.45) is 6.30. The smallest absolute Gasteiger partial charge is 0.227 e. The summed E-state index contributed by atoms with van der Waals surface area (Å²) in [6.45, 7) is 4.93. The monoisotopic (exact) mass is 644 g/mol. The summed E-state index contributed by atoms with van der Waals surface area (Å²) >= 11 is 1.28. The van der Waals surface area contributed by atoms with E-state index in [0.717, 1.165) is 41.4 Å². The lowest BCUT2D eigenvalue weighted by atomic mass is 9.98. The number of aromatic nitrogens is 5. The zero-order valence-corrected chi connectivity index (χ0v) is 26.2. The van der Waals surface area contributed by atoms with Crippen LogP contribution in [0.3, 0.4) is 0 Å². The van der Waals surface area contributed by atoms with E-state index in [1.54, 1.807) is 24.5 Å². The van der Waals surface area contributed by atoms with Crippen molar-refractivity contribution in [2.24, 2.45) is 5.92 Å². The summed E-state index contributed by atoms with van der Waals surface area (Å²) in [6, 6.07) is 12.4. The van der Waals surface area contributed by atoms with E-state index in [2.05, 4.69) is 26.7 Å². The van der Waals surface area contributed by atoms with Gasteiger partial charge in [-0.05, 0) is 42.8 Å². The number of nitrogens with one attached hydrogen (secondary N) is 2. The van der Waals surface area contributed by atoms with Gasteiger partial charge in [0, 0.05) is 68.5 Å². The molecule has 230 valence electrons. The third-order valence-electron chi connectivity index (χ3n) is 8.07. The van der Waals surface area contributed by atoms with Crippen molar-refractivity contribution in [1.29, 1.82) is 5.26 Å². The van der Waals surface area contributed by atoms with Crippen LogP contribution in [0.15, 0.2) is 55.0 Å². The maximum atomic E-state index is 13.5. The molecule has 0 spiro atoms. The van der Waals surface area contributed by atoms with Crippen LogP contribution in [0.5, 0.6) is 0 Å². The molecule has 5 aromatic rings. The van der Waals surface area contributed by atoms with E-state index in [4.69, 9.17) is 9.97 Å². The van der Waals surface area contributed by atoms with Gasteiger partial charge in [-0.15, -0.1) is 12.4 Å². The Hall–Kier alpha value is -4.64. The Bertz CT molecular complexity index is 1890. The van der Waals surface area contributed by atoms with Gasteiger partial charge in [0.05, 0.1) is 17.7 Å². The molecule has 14 heteroatoms. The number of aryl methyl sites for hydroxylation is 1. The minimum Gasteiger partial charge on any atom is -0.350 e. The Morgan fingerprint density at radius 3 is 2.47 bits per heavy atom. The van der Waals surface area contributed by atoms with E-state index in [1.807, 2.05) is 46.5 Å². The molecule has 1 aromatic carbocycles. The van der Waals surface area contributed by atoms with E-state index in [1.165, 1.54) is 23.5 Å². The molecule has 2 aliphatic heterocycles. The molecule has 2 aliphatic rings. The first-order valence-corrected chi connectivity index (χ1v) is 15.2. The number of amides is 1. The Labute approximate surface area is 269 Å². The Morgan fingerprint density at radius 2 is 1.82 bits per heavy atom. The molecule has 2 fully saturated rings. The molecule has 0 unspecified atom stereocenters. The topological polar surface area (TPSA) is 127 Å². The molecule has 0 radical (unpaired) electrons. The summed E-state index contributed by atoms with van der Waals surface area (Å²) in [7, 11) is 1.91. The van der Waals surface area contributed by atoms with Crippen LogP contribution >= 0.6 is 23.7 Å². The number of halogens is 2. The second-order valence-electron chi connectivity index (χ2n) is 11.0. The van der Waals surface area contributed by atoms with Crippen LogP contribution < -0.4 is 20.4 Å². The molecule has 0 atom stereocenters. The number of carbonyl (C=O) groups is 1. The minimum atomic E-state index is -0.343. The van der Waals surface area contributed by atoms with Crippen LogP contribution in [0.1, 0.15) is 17.5 Å². The number of thiazole rings is 1. The zero-order chi connectivity index (χ0) is 30.4. The fraction of sp³-hybridized carbons (Fsp3) is 0.290. The van der Waals surface area contributed by atoms with E-state index in [9.17, 15) is 14.4 Å². The van der Waals surface area contributed by atoms with Crippen molar-refractivity contribution in [1.82, 2.24) is 35.0 Å². The molecule has 7 rings (SSSR count). The summed E-state index contributed by atoms with van der Waals surface area (Å²) in [4.78, 5) is 35.6. The normalized spacial score (nSPS) is 14.8. The van der Waals surface area contributed by atoms with Crippen molar-refractivity contribution in [3.05, 3.63) is 71.4 Å². The Balaban J connectivity index is 0.00000357. The molecule has 1 amide bonds. The van der Waals surface area contributed by atoms with Crippen molar-refractivity contribution in [3.63, 3.8) is 0 Å². The van der Waals surface area contributed by atoms with Crippen LogP contribution in [-0.2, 0) is 11.2 Å². The molecule has 11 nitrogen and oxygen atoms in total. The molecule has 6 heterocycles. The second-order valence-corrected chi connectivity index (χ2v) is 11.9. The van der Waals surface area contributed by atoms with E-state index in [-0.39, 0.29) is 36.1 Å². The van der Waals surface area contributed by atoms with Gasteiger partial charge in [-0.1, -0.05) is 18.3 Å². The van der Waals surface area contributed by atoms with Crippen molar-refractivity contribution in [2.75, 3.05) is 43.0 Å². The highest BCUT2D eigenvalue weighted by atomic mass is 35.5. The quantitative estimate of drug-likeness (QED) is 0.255. The highest BCUT2D eigenvalue weighted by Crippen LogP contribution is 2.37. The Morgan fingerprint density at radius 1 is 1.11 bits per heavy atom. The van der Waals surface area contributed by atoms with Crippen molar-refractivity contribution < 1.29 is 9.18 Å². The van der Waals surface area contributed by atoms with Gasteiger partial charge in [-0.2, -0.15) is 5.26 Å². The molecule has 0 aliphatic carbocycles. The number of fused-ring (bicyclic) bond motifs is 1. The van der Waals surface area contributed by atoms with Crippen LogP contribution in [0.4, 0.5) is 21.3 Å². The molecular formula is C31H30ClFN10OS. The average Bonchev–Trinajstić information content (AvgIpc) is 3.60. The fourth-order valence-corrected chi connectivity index (χ4v) is 6.27. The second kappa shape index (κ2) is 12.4. The van der Waals surface area contributed by atoms with Gasteiger partial charge < -0.3 is 20.4 Å². The summed E-state index contributed by atoms with van der Waals surface area (Å²) < 4.78 is 15.5. The number of anilines is 3. The number of nitrogens with zero attached hydrogens (tertiary/aromatic N) is 8. The van der Waals surface area contributed by atoms with Crippen LogP contribution in [0, 0.1) is 23.1 Å². The molecule has 2 N–H and O–H groups in total. The van der Waals surface area contributed by atoms with Crippen molar-refractivity contribution in [2.45, 2.75) is 19.4 Å². The third kappa shape index (κ3) is 5.68. The first-order chi connectivity index (χ1) is 21.4. The standard InChI is InChI=1S/C31H29FN10OS.ClH/c1-3-24-29(40(2)31-39-27(25(10-33)44-31)18-4-7-22(32)8-5-18)42-17-19(6-9-26(42)38-24)20-11-35-30(36-12-20)41-15-21(16-41)28(43)37-23-13-34-14-23;/h4-9,11-12,17,21,23,34H,3,13-16H2,1-2H3,(H,37,43);1H. The van der Waals surface area contributed by atoms with Gasteiger partial charge in [-0.25, -0.2) is 24.3 Å². The lowest BCUT2D eigenvalue weighted by molar-refractivity contribution is -0.126. The maximum absolute atomic E-state index is 13.5. The molecule has 0 saturated carbocycles. The number of rotatable bonds is 8. The van der Waals surface area contributed by atoms with Crippen LogP contribution in [-0.4, -0.2) is 69.5 Å². The van der Waals surface area contributed by atoms with Gasteiger partial charge in [-0.3, -0.25) is 9.20 Å². The van der Waals surface area contributed by atoms with Gasteiger partial charge in [0.25, 0.3) is 0 Å². The van der Waals surface area contributed by atoms with Crippen LogP contribution in [0.25, 0.3) is 28.0 Å². The molecular weight excluding hydrogens is 615 g/mol.